The summed E-state index contributed by atoms with van der Waals surface area (Å²) >= 11 is 7.98. The molecule has 0 unspecified atom stereocenters. The van der Waals surface area contributed by atoms with Crippen molar-refractivity contribution in [2.45, 2.75) is 13.0 Å². The first kappa shape index (κ1) is 11.4. The molecule has 1 aliphatic heterocycles. The van der Waals surface area contributed by atoms with Crippen LogP contribution in [0.25, 0.3) is 15.3 Å². The fraction of sp³-hybridized carbons (Fsp3) is 0.231. The van der Waals surface area contributed by atoms with Crippen LogP contribution >= 0.6 is 22.9 Å². The highest BCUT2D eigenvalue weighted by Crippen LogP contribution is 2.31. The molecule has 1 aliphatic rings. The summed E-state index contributed by atoms with van der Waals surface area (Å²) in [6.07, 6.45) is 0.812. The number of halogens is 1. The second kappa shape index (κ2) is 4.30. The van der Waals surface area contributed by atoms with Gasteiger partial charge in [-0.1, -0.05) is 35.1 Å². The molecule has 0 aliphatic carbocycles. The van der Waals surface area contributed by atoms with Gasteiger partial charge in [0.05, 0.1) is 29.1 Å². The summed E-state index contributed by atoms with van der Waals surface area (Å²) in [6, 6.07) is 8.04. The van der Waals surface area contributed by atoms with Crippen molar-refractivity contribution in [2.75, 3.05) is 6.61 Å². The number of para-hydroxylation sites is 1. The summed E-state index contributed by atoms with van der Waals surface area (Å²) in [5.41, 5.74) is 2.99. The van der Waals surface area contributed by atoms with Crippen LogP contribution in [0, 0.1) is 0 Å². The van der Waals surface area contributed by atoms with E-state index < -0.39 is 0 Å². The fourth-order valence-corrected chi connectivity index (χ4v) is 3.49. The van der Waals surface area contributed by atoms with Gasteiger partial charge in [-0.2, -0.15) is 9.78 Å². The molecule has 0 radical (unpaired) electrons. The van der Waals surface area contributed by atoms with Gasteiger partial charge in [0.1, 0.15) is 5.15 Å². The largest absolute Gasteiger partial charge is 0.376 e. The minimum atomic E-state index is 0.541. The predicted octanol–water partition coefficient (Wildman–Crippen LogP) is 3.21. The zero-order valence-electron chi connectivity index (χ0n) is 9.97. The lowest BCUT2D eigenvalue weighted by Gasteiger charge is -2.09. The van der Waals surface area contributed by atoms with Crippen LogP contribution in [0.4, 0.5) is 0 Å². The molecular weight excluding hydrogens is 282 g/mol. The molecule has 0 spiro atoms. The van der Waals surface area contributed by atoms with E-state index in [1.165, 1.54) is 0 Å². The van der Waals surface area contributed by atoms with Gasteiger partial charge in [0.2, 0.25) is 5.13 Å². The first-order chi connectivity index (χ1) is 9.33. The third-order valence-corrected chi connectivity index (χ3v) is 4.60. The zero-order chi connectivity index (χ0) is 12.8. The van der Waals surface area contributed by atoms with Gasteiger partial charge in [-0.25, -0.2) is 4.98 Å². The molecule has 0 bridgehead atoms. The summed E-state index contributed by atoms with van der Waals surface area (Å²) < 4.78 is 8.30. The fourth-order valence-electron chi connectivity index (χ4n) is 2.24. The average molecular weight is 292 g/mol. The highest BCUT2D eigenvalue weighted by molar-refractivity contribution is 7.20. The van der Waals surface area contributed by atoms with Gasteiger partial charge < -0.3 is 4.74 Å². The summed E-state index contributed by atoms with van der Waals surface area (Å²) in [7, 11) is 0. The Labute approximate surface area is 118 Å². The van der Waals surface area contributed by atoms with Crippen molar-refractivity contribution in [3.05, 3.63) is 40.7 Å². The number of thiazole rings is 1. The first-order valence-electron chi connectivity index (χ1n) is 6.03. The smallest absolute Gasteiger partial charge is 0.212 e. The molecule has 0 saturated carbocycles. The molecule has 4 nitrogen and oxygen atoms in total. The van der Waals surface area contributed by atoms with E-state index in [1.54, 1.807) is 16.0 Å². The van der Waals surface area contributed by atoms with Crippen LogP contribution in [0.2, 0.25) is 5.15 Å². The van der Waals surface area contributed by atoms with E-state index in [2.05, 4.69) is 16.1 Å². The minimum Gasteiger partial charge on any atom is -0.376 e. The van der Waals surface area contributed by atoms with E-state index in [1.807, 2.05) is 18.2 Å². The number of ether oxygens (including phenoxy) is 1. The monoisotopic (exact) mass is 291 g/mol. The Morgan fingerprint density at radius 1 is 1.32 bits per heavy atom. The quantitative estimate of drug-likeness (QED) is 0.691. The summed E-state index contributed by atoms with van der Waals surface area (Å²) in [5.74, 6) is 0. The molecule has 96 valence electrons. The second-order valence-corrected chi connectivity index (χ2v) is 5.76. The molecule has 1 aromatic carbocycles. The van der Waals surface area contributed by atoms with E-state index in [0.717, 1.165) is 33.0 Å². The summed E-state index contributed by atoms with van der Waals surface area (Å²) in [4.78, 5) is 4.58. The van der Waals surface area contributed by atoms with Crippen molar-refractivity contribution >= 4 is 33.2 Å². The molecule has 19 heavy (non-hydrogen) atoms. The molecule has 0 N–H and O–H groups in total. The summed E-state index contributed by atoms with van der Waals surface area (Å²) in [5, 5.41) is 5.99. The third-order valence-electron chi connectivity index (χ3n) is 3.20. The Bertz CT molecular complexity index is 731. The Kier molecular flexibility index (Phi) is 2.58. The summed E-state index contributed by atoms with van der Waals surface area (Å²) in [6.45, 7) is 1.25. The maximum atomic E-state index is 6.39. The molecule has 2 aromatic heterocycles. The Balaban J connectivity index is 1.89. The van der Waals surface area contributed by atoms with Gasteiger partial charge in [0, 0.05) is 12.0 Å². The number of aromatic nitrogens is 3. The molecule has 0 atom stereocenters. The van der Waals surface area contributed by atoms with Crippen molar-refractivity contribution in [3.63, 3.8) is 0 Å². The van der Waals surface area contributed by atoms with Crippen LogP contribution < -0.4 is 0 Å². The van der Waals surface area contributed by atoms with E-state index in [0.29, 0.717) is 18.4 Å². The van der Waals surface area contributed by atoms with Crippen LogP contribution in [0.5, 0.6) is 0 Å². The van der Waals surface area contributed by atoms with Gasteiger partial charge in [-0.15, -0.1) is 0 Å². The topological polar surface area (TPSA) is 39.9 Å². The Morgan fingerprint density at radius 3 is 3.05 bits per heavy atom. The van der Waals surface area contributed by atoms with Gasteiger partial charge in [0.15, 0.2) is 0 Å². The van der Waals surface area contributed by atoms with Gasteiger partial charge in [0.25, 0.3) is 0 Å². The number of nitrogens with zero attached hydrogens (tertiary/aromatic N) is 3. The molecular formula is C13H10ClN3OS. The highest BCUT2D eigenvalue weighted by atomic mass is 35.5. The van der Waals surface area contributed by atoms with Crippen LogP contribution in [-0.4, -0.2) is 21.4 Å². The Morgan fingerprint density at radius 2 is 2.21 bits per heavy atom. The van der Waals surface area contributed by atoms with E-state index in [-0.39, 0.29) is 0 Å². The molecule has 4 rings (SSSR count). The number of rotatable bonds is 1. The number of hydrogen-bond acceptors (Lipinski definition) is 4. The lowest BCUT2D eigenvalue weighted by Crippen LogP contribution is -2.08. The number of hydrogen-bond donors (Lipinski definition) is 0. The van der Waals surface area contributed by atoms with Crippen molar-refractivity contribution in [1.82, 2.24) is 14.8 Å². The number of fused-ring (bicyclic) bond motifs is 2. The van der Waals surface area contributed by atoms with Crippen molar-refractivity contribution in [3.8, 4) is 5.13 Å². The molecule has 0 amide bonds. The molecule has 6 heteroatoms. The van der Waals surface area contributed by atoms with Crippen LogP contribution in [0.15, 0.2) is 24.3 Å². The molecule has 0 fully saturated rings. The van der Waals surface area contributed by atoms with Crippen LogP contribution in [0.1, 0.15) is 11.3 Å². The van der Waals surface area contributed by atoms with Crippen molar-refractivity contribution in [2.24, 2.45) is 0 Å². The van der Waals surface area contributed by atoms with Crippen LogP contribution in [0.3, 0.4) is 0 Å². The number of benzene rings is 1. The second-order valence-electron chi connectivity index (χ2n) is 4.39. The molecule has 3 aromatic rings. The maximum Gasteiger partial charge on any atom is 0.212 e. The van der Waals surface area contributed by atoms with Crippen molar-refractivity contribution < 1.29 is 4.74 Å². The average Bonchev–Trinajstić information content (AvgIpc) is 3.00. The molecule has 0 saturated heterocycles. The van der Waals surface area contributed by atoms with Gasteiger partial charge >= 0.3 is 0 Å². The van der Waals surface area contributed by atoms with Gasteiger partial charge in [-0.05, 0) is 12.1 Å². The molecule has 3 heterocycles. The highest BCUT2D eigenvalue weighted by Gasteiger charge is 2.22. The third kappa shape index (κ3) is 1.77. The normalized spacial score (nSPS) is 14.8. The first-order valence-corrected chi connectivity index (χ1v) is 7.22. The van der Waals surface area contributed by atoms with E-state index in [9.17, 15) is 0 Å². The van der Waals surface area contributed by atoms with E-state index in [4.69, 9.17) is 16.3 Å². The lowest BCUT2D eigenvalue weighted by atomic mass is 10.2. The SMILES string of the molecule is Clc1c2c(nn1-c1nc3ccccc3s1)CCOC2. The Hall–Kier alpha value is -1.43. The van der Waals surface area contributed by atoms with Gasteiger partial charge in [-0.3, -0.25) is 0 Å². The zero-order valence-corrected chi connectivity index (χ0v) is 11.5. The maximum absolute atomic E-state index is 6.39. The lowest BCUT2D eigenvalue weighted by molar-refractivity contribution is 0.110. The predicted molar refractivity (Wildman–Crippen MR) is 75.1 cm³/mol. The van der Waals surface area contributed by atoms with Crippen LogP contribution in [-0.2, 0) is 17.8 Å². The van der Waals surface area contributed by atoms with E-state index >= 15 is 0 Å². The van der Waals surface area contributed by atoms with Crippen molar-refractivity contribution in [1.29, 1.82) is 0 Å². The standard InChI is InChI=1S/C13H10ClN3OS/c14-12-8-7-18-6-5-9(8)16-17(12)13-15-10-3-1-2-4-11(10)19-13/h1-4H,5-7H2. The minimum absolute atomic E-state index is 0.541.